The zero-order chi connectivity index (χ0) is 14.5. The van der Waals surface area contributed by atoms with Crippen LogP contribution in [0.25, 0.3) is 0 Å². The maximum atomic E-state index is 12.0. The van der Waals surface area contributed by atoms with Gasteiger partial charge in [-0.1, -0.05) is 0 Å². The first-order valence-corrected chi connectivity index (χ1v) is 6.73. The van der Waals surface area contributed by atoms with E-state index in [1.807, 2.05) is 13.0 Å². The Morgan fingerprint density at radius 2 is 2.15 bits per heavy atom. The number of nitrogens with zero attached hydrogens (tertiary/aromatic N) is 2. The standard InChI is InChI=1S/C14H19N3O3/c1-10-8-15-5-2-12(10)9-16-14(20)17-6-3-11(4-7-17)13(18)19/h2,5,8,11H,3-4,6-7,9H2,1H3,(H,16,20)(H,18,19). The molecule has 20 heavy (non-hydrogen) atoms. The minimum Gasteiger partial charge on any atom is -0.481 e. The number of likely N-dealkylation sites (tertiary alicyclic amines) is 1. The Hall–Kier alpha value is -2.11. The van der Waals surface area contributed by atoms with Gasteiger partial charge >= 0.3 is 12.0 Å². The quantitative estimate of drug-likeness (QED) is 0.874. The van der Waals surface area contributed by atoms with Gasteiger partial charge in [0.15, 0.2) is 0 Å². The second-order valence-electron chi connectivity index (χ2n) is 5.06. The van der Waals surface area contributed by atoms with E-state index in [1.54, 1.807) is 17.3 Å². The molecular weight excluding hydrogens is 258 g/mol. The van der Waals surface area contributed by atoms with E-state index < -0.39 is 5.97 Å². The normalized spacial score (nSPS) is 15.9. The molecule has 2 amide bonds. The van der Waals surface area contributed by atoms with E-state index in [0.29, 0.717) is 32.5 Å². The van der Waals surface area contributed by atoms with Crippen LogP contribution < -0.4 is 5.32 Å². The summed E-state index contributed by atoms with van der Waals surface area (Å²) in [5.74, 6) is -1.08. The van der Waals surface area contributed by atoms with Gasteiger partial charge < -0.3 is 15.3 Å². The van der Waals surface area contributed by atoms with E-state index >= 15 is 0 Å². The van der Waals surface area contributed by atoms with E-state index in [4.69, 9.17) is 5.11 Å². The molecule has 0 radical (unpaired) electrons. The van der Waals surface area contributed by atoms with Crippen molar-refractivity contribution in [3.63, 3.8) is 0 Å². The number of rotatable bonds is 3. The van der Waals surface area contributed by atoms with Crippen LogP contribution in [-0.2, 0) is 11.3 Å². The van der Waals surface area contributed by atoms with Gasteiger partial charge in [-0.05, 0) is 37.0 Å². The Kier molecular flexibility index (Phi) is 4.55. The van der Waals surface area contributed by atoms with Gasteiger partial charge in [-0.15, -0.1) is 0 Å². The van der Waals surface area contributed by atoms with E-state index in [-0.39, 0.29) is 11.9 Å². The number of amides is 2. The summed E-state index contributed by atoms with van der Waals surface area (Å²) in [4.78, 5) is 28.5. The molecule has 0 saturated carbocycles. The summed E-state index contributed by atoms with van der Waals surface area (Å²) >= 11 is 0. The number of carboxylic acids is 1. The van der Waals surface area contributed by atoms with Gasteiger partial charge in [0.1, 0.15) is 0 Å². The fraction of sp³-hybridized carbons (Fsp3) is 0.500. The summed E-state index contributed by atoms with van der Waals surface area (Å²) in [5.41, 5.74) is 2.08. The van der Waals surface area contributed by atoms with E-state index in [9.17, 15) is 9.59 Å². The molecule has 0 bridgehead atoms. The fourth-order valence-corrected chi connectivity index (χ4v) is 2.31. The number of urea groups is 1. The molecule has 108 valence electrons. The second kappa shape index (κ2) is 6.36. The van der Waals surface area contributed by atoms with Crippen molar-refractivity contribution in [1.82, 2.24) is 15.2 Å². The van der Waals surface area contributed by atoms with Crippen molar-refractivity contribution in [2.45, 2.75) is 26.3 Å². The molecule has 1 aliphatic heterocycles. The highest BCUT2D eigenvalue weighted by atomic mass is 16.4. The van der Waals surface area contributed by atoms with Crippen molar-refractivity contribution >= 4 is 12.0 Å². The second-order valence-corrected chi connectivity index (χ2v) is 5.06. The van der Waals surface area contributed by atoms with Crippen LogP contribution in [0.1, 0.15) is 24.0 Å². The molecule has 1 aromatic heterocycles. The van der Waals surface area contributed by atoms with Crippen molar-refractivity contribution in [2.75, 3.05) is 13.1 Å². The summed E-state index contributed by atoms with van der Waals surface area (Å²) in [6, 6.07) is 1.75. The van der Waals surface area contributed by atoms with E-state index in [2.05, 4.69) is 10.3 Å². The highest BCUT2D eigenvalue weighted by Crippen LogP contribution is 2.17. The lowest BCUT2D eigenvalue weighted by Crippen LogP contribution is -2.45. The van der Waals surface area contributed by atoms with E-state index in [1.165, 1.54) is 0 Å². The number of piperidine rings is 1. The minimum atomic E-state index is -0.766. The van der Waals surface area contributed by atoms with Crippen LogP contribution in [0.15, 0.2) is 18.5 Å². The third-order valence-corrected chi connectivity index (χ3v) is 3.70. The molecule has 0 unspecified atom stereocenters. The summed E-state index contributed by atoms with van der Waals surface area (Å²) in [6.07, 6.45) is 4.51. The lowest BCUT2D eigenvalue weighted by Gasteiger charge is -2.30. The molecule has 1 aromatic rings. The number of carbonyl (C=O) groups excluding carboxylic acids is 1. The molecule has 1 fully saturated rings. The number of nitrogens with one attached hydrogen (secondary N) is 1. The zero-order valence-electron chi connectivity index (χ0n) is 11.5. The Labute approximate surface area is 117 Å². The van der Waals surface area contributed by atoms with Crippen LogP contribution in [-0.4, -0.2) is 40.1 Å². The third-order valence-electron chi connectivity index (χ3n) is 3.70. The number of hydrogen-bond acceptors (Lipinski definition) is 3. The number of aliphatic carboxylic acids is 1. The van der Waals surface area contributed by atoms with Crippen LogP contribution in [0, 0.1) is 12.8 Å². The zero-order valence-corrected chi connectivity index (χ0v) is 11.5. The topological polar surface area (TPSA) is 82.5 Å². The minimum absolute atomic E-state index is 0.134. The molecule has 0 aliphatic carbocycles. The average molecular weight is 277 g/mol. The van der Waals surface area contributed by atoms with Gasteiger partial charge in [0, 0.05) is 32.0 Å². The highest BCUT2D eigenvalue weighted by Gasteiger charge is 2.26. The predicted molar refractivity (Wildman–Crippen MR) is 73.1 cm³/mol. The Morgan fingerprint density at radius 3 is 2.75 bits per heavy atom. The van der Waals surface area contributed by atoms with Crippen molar-refractivity contribution in [1.29, 1.82) is 0 Å². The number of carbonyl (C=O) groups is 2. The molecule has 1 saturated heterocycles. The molecule has 0 spiro atoms. The lowest BCUT2D eigenvalue weighted by atomic mass is 9.97. The molecule has 1 aliphatic rings. The number of pyridine rings is 1. The van der Waals surface area contributed by atoms with Gasteiger partial charge in [0.25, 0.3) is 0 Å². The first kappa shape index (κ1) is 14.3. The number of hydrogen-bond donors (Lipinski definition) is 2. The molecule has 2 N–H and O–H groups in total. The average Bonchev–Trinajstić information content (AvgIpc) is 2.46. The van der Waals surface area contributed by atoms with Crippen molar-refractivity contribution in [2.24, 2.45) is 5.92 Å². The van der Waals surface area contributed by atoms with Gasteiger partial charge in [-0.3, -0.25) is 9.78 Å². The Morgan fingerprint density at radius 1 is 1.45 bits per heavy atom. The van der Waals surface area contributed by atoms with Crippen LogP contribution >= 0.6 is 0 Å². The van der Waals surface area contributed by atoms with Crippen LogP contribution in [0.2, 0.25) is 0 Å². The number of carboxylic acid groups (broad SMARTS) is 1. The molecule has 2 heterocycles. The third kappa shape index (κ3) is 3.46. The monoisotopic (exact) mass is 277 g/mol. The first-order valence-electron chi connectivity index (χ1n) is 6.73. The molecule has 6 nitrogen and oxygen atoms in total. The Balaban J connectivity index is 1.82. The smallest absolute Gasteiger partial charge is 0.317 e. The first-order chi connectivity index (χ1) is 9.58. The van der Waals surface area contributed by atoms with Crippen LogP contribution in [0.5, 0.6) is 0 Å². The maximum absolute atomic E-state index is 12.0. The van der Waals surface area contributed by atoms with Crippen LogP contribution in [0.4, 0.5) is 4.79 Å². The summed E-state index contributed by atoms with van der Waals surface area (Å²) in [5, 5.41) is 11.8. The van der Waals surface area contributed by atoms with Crippen LogP contribution in [0.3, 0.4) is 0 Å². The lowest BCUT2D eigenvalue weighted by molar-refractivity contribution is -0.143. The molecular formula is C14H19N3O3. The summed E-state index contributed by atoms with van der Waals surface area (Å²) < 4.78 is 0. The van der Waals surface area contributed by atoms with Gasteiger partial charge in [0.05, 0.1) is 5.92 Å². The summed E-state index contributed by atoms with van der Waals surface area (Å²) in [7, 11) is 0. The van der Waals surface area contributed by atoms with Crippen molar-refractivity contribution in [3.05, 3.63) is 29.6 Å². The SMILES string of the molecule is Cc1cnccc1CNC(=O)N1CCC(C(=O)O)CC1. The molecule has 2 rings (SSSR count). The Bertz CT molecular complexity index is 496. The van der Waals surface area contributed by atoms with Gasteiger partial charge in [-0.25, -0.2) is 4.79 Å². The van der Waals surface area contributed by atoms with Gasteiger partial charge in [0.2, 0.25) is 0 Å². The number of aryl methyl sites for hydroxylation is 1. The molecule has 0 aromatic carbocycles. The summed E-state index contributed by atoms with van der Waals surface area (Å²) in [6.45, 7) is 3.41. The predicted octanol–water partition coefficient (Wildman–Crippen LogP) is 1.40. The number of aromatic nitrogens is 1. The van der Waals surface area contributed by atoms with E-state index in [0.717, 1.165) is 11.1 Å². The van der Waals surface area contributed by atoms with Gasteiger partial charge in [-0.2, -0.15) is 0 Å². The highest BCUT2D eigenvalue weighted by molar-refractivity contribution is 5.75. The van der Waals surface area contributed by atoms with Crippen molar-refractivity contribution < 1.29 is 14.7 Å². The molecule has 0 atom stereocenters. The molecule has 6 heteroatoms. The van der Waals surface area contributed by atoms with Crippen molar-refractivity contribution in [3.8, 4) is 0 Å². The largest absolute Gasteiger partial charge is 0.481 e. The maximum Gasteiger partial charge on any atom is 0.317 e. The fourth-order valence-electron chi connectivity index (χ4n) is 2.31.